The maximum atomic E-state index is 12.0. The van der Waals surface area contributed by atoms with Crippen LogP contribution in [0.15, 0.2) is 18.2 Å². The third kappa shape index (κ3) is 4.84. The van der Waals surface area contributed by atoms with Crippen LogP contribution >= 0.6 is 0 Å². The largest absolute Gasteiger partial charge is 0.490 e. The molecule has 1 atom stereocenters. The molecule has 0 saturated carbocycles. The van der Waals surface area contributed by atoms with E-state index in [2.05, 4.69) is 5.32 Å². The van der Waals surface area contributed by atoms with Gasteiger partial charge >= 0.3 is 0 Å². The minimum Gasteiger partial charge on any atom is -0.490 e. The minimum absolute atomic E-state index is 0.215. The van der Waals surface area contributed by atoms with Gasteiger partial charge in [0, 0.05) is 13.5 Å². The number of hydrogen-bond donors (Lipinski definition) is 1. The van der Waals surface area contributed by atoms with Gasteiger partial charge in [0.1, 0.15) is 0 Å². The highest BCUT2D eigenvalue weighted by Crippen LogP contribution is 2.32. The van der Waals surface area contributed by atoms with E-state index in [1.807, 2.05) is 25.1 Å². The average molecular weight is 342 g/mol. The monoisotopic (exact) mass is 342 g/mol. The van der Waals surface area contributed by atoms with Gasteiger partial charge in [0.25, 0.3) is 0 Å². The van der Waals surface area contributed by atoms with Gasteiger partial charge in [0.15, 0.2) is 11.5 Å². The highest BCUT2D eigenvalue weighted by Gasteiger charge is 2.18. The number of nitrogens with zero attached hydrogens (tertiary/aromatic N) is 1. The van der Waals surface area contributed by atoms with Crippen molar-refractivity contribution in [2.75, 3.05) is 33.1 Å². The summed E-state index contributed by atoms with van der Waals surface area (Å²) in [6.07, 6.45) is 1.89. The van der Waals surface area contributed by atoms with Crippen LogP contribution in [0.5, 0.6) is 11.5 Å². The number of sulfonamides is 1. The fourth-order valence-electron chi connectivity index (χ4n) is 2.14. The lowest BCUT2D eigenvalue weighted by molar-refractivity contribution is -0.121. The van der Waals surface area contributed by atoms with Gasteiger partial charge < -0.3 is 14.8 Å². The summed E-state index contributed by atoms with van der Waals surface area (Å²) in [4.78, 5) is 12.0. The summed E-state index contributed by atoms with van der Waals surface area (Å²) in [7, 11) is -2.01. The smallest absolute Gasteiger partial charge is 0.235 e. The Kier molecular flexibility index (Phi) is 5.48. The van der Waals surface area contributed by atoms with E-state index in [1.54, 1.807) is 0 Å². The Morgan fingerprint density at radius 1 is 1.30 bits per heavy atom. The summed E-state index contributed by atoms with van der Waals surface area (Å²) in [5, 5.41) is 2.78. The number of carbonyl (C=O) groups excluding carboxylic acids is 1. The zero-order valence-corrected chi connectivity index (χ0v) is 14.4. The van der Waals surface area contributed by atoms with E-state index in [9.17, 15) is 13.2 Å². The standard InChI is InChI=1S/C15H22N2O5S/c1-11(16-15(18)10-17(2)23(3,19)20)12-5-6-13-14(9-12)22-8-4-7-21-13/h5-6,9,11H,4,7-8,10H2,1-3H3,(H,16,18)/t11-/m0/s1. The van der Waals surface area contributed by atoms with Crippen LogP contribution in [-0.2, 0) is 14.8 Å². The number of amides is 1. The molecular formula is C15H22N2O5S. The van der Waals surface area contributed by atoms with E-state index in [4.69, 9.17) is 9.47 Å². The van der Waals surface area contributed by atoms with Crippen LogP contribution in [0.3, 0.4) is 0 Å². The molecule has 0 spiro atoms. The molecule has 1 N–H and O–H groups in total. The number of ether oxygens (including phenoxy) is 2. The highest BCUT2D eigenvalue weighted by molar-refractivity contribution is 7.88. The average Bonchev–Trinajstić information content (AvgIpc) is 2.70. The highest BCUT2D eigenvalue weighted by atomic mass is 32.2. The number of hydrogen-bond acceptors (Lipinski definition) is 5. The van der Waals surface area contributed by atoms with Crippen molar-refractivity contribution in [1.82, 2.24) is 9.62 Å². The van der Waals surface area contributed by atoms with Gasteiger partial charge in [-0.2, -0.15) is 4.31 Å². The van der Waals surface area contributed by atoms with Crippen molar-refractivity contribution in [3.05, 3.63) is 23.8 Å². The zero-order chi connectivity index (χ0) is 17.0. The van der Waals surface area contributed by atoms with Crippen molar-refractivity contribution in [3.63, 3.8) is 0 Å². The van der Waals surface area contributed by atoms with Gasteiger partial charge in [-0.15, -0.1) is 0 Å². The molecule has 1 aliphatic heterocycles. The van der Waals surface area contributed by atoms with E-state index in [1.165, 1.54) is 7.05 Å². The molecule has 1 aromatic carbocycles. The number of benzene rings is 1. The summed E-state index contributed by atoms with van der Waals surface area (Å²) in [5.74, 6) is 0.994. The minimum atomic E-state index is -3.38. The normalized spacial score (nSPS) is 15.8. The van der Waals surface area contributed by atoms with Gasteiger partial charge in [0.05, 0.1) is 32.1 Å². The second-order valence-corrected chi connectivity index (χ2v) is 7.65. The third-order valence-corrected chi connectivity index (χ3v) is 4.84. The number of carbonyl (C=O) groups is 1. The molecule has 128 valence electrons. The number of likely N-dealkylation sites (N-methyl/N-ethyl adjacent to an activating group) is 1. The Morgan fingerprint density at radius 3 is 2.61 bits per heavy atom. The molecule has 1 aromatic rings. The lowest BCUT2D eigenvalue weighted by Crippen LogP contribution is -2.38. The Morgan fingerprint density at radius 2 is 1.96 bits per heavy atom. The van der Waals surface area contributed by atoms with Gasteiger partial charge in [-0.25, -0.2) is 8.42 Å². The maximum absolute atomic E-state index is 12.0. The van der Waals surface area contributed by atoms with Crippen LogP contribution in [-0.4, -0.2) is 51.7 Å². The first-order valence-corrected chi connectivity index (χ1v) is 9.22. The molecule has 8 heteroatoms. The van der Waals surface area contributed by atoms with Crippen molar-refractivity contribution in [2.45, 2.75) is 19.4 Å². The van der Waals surface area contributed by atoms with Crippen LogP contribution < -0.4 is 14.8 Å². The summed E-state index contributed by atoms with van der Waals surface area (Å²) >= 11 is 0. The van der Waals surface area contributed by atoms with Gasteiger partial charge in [-0.05, 0) is 24.6 Å². The molecule has 1 amide bonds. The molecule has 0 aromatic heterocycles. The fourth-order valence-corrected chi connectivity index (χ4v) is 2.49. The Labute approximate surface area is 136 Å². The van der Waals surface area contributed by atoms with Crippen LogP contribution in [0, 0.1) is 0 Å². The topological polar surface area (TPSA) is 84.9 Å². The van der Waals surface area contributed by atoms with Crippen molar-refractivity contribution in [2.24, 2.45) is 0 Å². The predicted molar refractivity (Wildman–Crippen MR) is 86.1 cm³/mol. The lowest BCUT2D eigenvalue weighted by Gasteiger charge is -2.19. The summed E-state index contributed by atoms with van der Waals surface area (Å²) < 4.78 is 34.9. The predicted octanol–water partition coefficient (Wildman–Crippen LogP) is 0.917. The van der Waals surface area contributed by atoms with Crippen LogP contribution in [0.2, 0.25) is 0 Å². The van der Waals surface area contributed by atoms with Crippen LogP contribution in [0.1, 0.15) is 24.9 Å². The van der Waals surface area contributed by atoms with Gasteiger partial charge in [-0.3, -0.25) is 4.79 Å². The molecule has 0 bridgehead atoms. The molecule has 0 aliphatic carbocycles. The molecule has 1 aliphatic rings. The van der Waals surface area contributed by atoms with Crippen molar-refractivity contribution >= 4 is 15.9 Å². The van der Waals surface area contributed by atoms with Crippen molar-refractivity contribution in [1.29, 1.82) is 0 Å². The van der Waals surface area contributed by atoms with E-state index < -0.39 is 10.0 Å². The van der Waals surface area contributed by atoms with Crippen LogP contribution in [0.25, 0.3) is 0 Å². The third-order valence-electron chi connectivity index (χ3n) is 3.58. The quantitative estimate of drug-likeness (QED) is 0.860. The van der Waals surface area contributed by atoms with Crippen molar-refractivity contribution in [3.8, 4) is 11.5 Å². The summed E-state index contributed by atoms with van der Waals surface area (Å²) in [6, 6.07) is 5.25. The molecule has 0 fully saturated rings. The first-order valence-electron chi connectivity index (χ1n) is 7.37. The Bertz CT molecular complexity index is 674. The van der Waals surface area contributed by atoms with E-state index >= 15 is 0 Å². The second-order valence-electron chi connectivity index (χ2n) is 5.56. The molecule has 2 rings (SSSR count). The number of fused-ring (bicyclic) bond motifs is 1. The van der Waals surface area contributed by atoms with Crippen LogP contribution in [0.4, 0.5) is 0 Å². The van der Waals surface area contributed by atoms with E-state index in [-0.39, 0.29) is 18.5 Å². The Balaban J connectivity index is 2.02. The Hall–Kier alpha value is -1.80. The van der Waals surface area contributed by atoms with E-state index in [0.717, 1.165) is 22.5 Å². The van der Waals surface area contributed by atoms with Crippen molar-refractivity contribution < 1.29 is 22.7 Å². The molecule has 0 radical (unpaired) electrons. The first kappa shape index (κ1) is 17.6. The first-order chi connectivity index (χ1) is 10.8. The number of nitrogens with one attached hydrogen (secondary N) is 1. The molecular weight excluding hydrogens is 320 g/mol. The van der Waals surface area contributed by atoms with Gasteiger partial charge in [-0.1, -0.05) is 6.07 Å². The lowest BCUT2D eigenvalue weighted by atomic mass is 10.1. The SMILES string of the molecule is C[C@H](NC(=O)CN(C)S(C)(=O)=O)c1ccc2c(c1)OCCCO2. The van der Waals surface area contributed by atoms with E-state index in [0.29, 0.717) is 24.7 Å². The number of rotatable bonds is 5. The fraction of sp³-hybridized carbons (Fsp3) is 0.533. The summed E-state index contributed by atoms with van der Waals surface area (Å²) in [5.41, 5.74) is 0.865. The molecule has 1 heterocycles. The zero-order valence-electron chi connectivity index (χ0n) is 13.5. The molecule has 23 heavy (non-hydrogen) atoms. The molecule has 0 saturated heterocycles. The molecule has 7 nitrogen and oxygen atoms in total. The molecule has 0 unspecified atom stereocenters. The summed E-state index contributed by atoms with van der Waals surface area (Å²) in [6.45, 7) is 2.83. The van der Waals surface area contributed by atoms with Gasteiger partial charge in [0.2, 0.25) is 15.9 Å². The second kappa shape index (κ2) is 7.18. The maximum Gasteiger partial charge on any atom is 0.235 e.